The lowest BCUT2D eigenvalue weighted by Gasteiger charge is -2.10. The average molecular weight is 216 g/mol. The van der Waals surface area contributed by atoms with Gasteiger partial charge in [0.1, 0.15) is 0 Å². The van der Waals surface area contributed by atoms with Gasteiger partial charge in [-0.1, -0.05) is 6.07 Å². The Kier molecular flexibility index (Phi) is 2.02. The highest BCUT2D eigenvalue weighted by atomic mass is 16.5. The van der Waals surface area contributed by atoms with Crippen molar-refractivity contribution in [2.75, 3.05) is 5.73 Å². The molecule has 0 fully saturated rings. The van der Waals surface area contributed by atoms with E-state index in [0.29, 0.717) is 9.46 Å². The molecule has 0 aliphatic carbocycles. The van der Waals surface area contributed by atoms with Crippen LogP contribution < -0.4 is 15.2 Å². The number of aryl methyl sites for hydroxylation is 1. The highest BCUT2D eigenvalue weighted by Gasteiger charge is 2.23. The fraction of sp³-hybridized carbons (Fsp3) is 0.100. The molecule has 0 saturated carbocycles. The fourth-order valence-electron chi connectivity index (χ4n) is 1.52. The number of nitrogens with zero attached hydrogens (tertiary/aromatic N) is 3. The van der Waals surface area contributed by atoms with Gasteiger partial charge in [-0.25, -0.2) is 4.73 Å². The van der Waals surface area contributed by atoms with E-state index < -0.39 is 0 Å². The predicted octanol–water partition coefficient (Wildman–Crippen LogP) is -0.131. The Balaban J connectivity index is 3.03. The Morgan fingerprint density at radius 2 is 1.94 bits per heavy atom. The average Bonchev–Trinajstić information content (AvgIpc) is 2.27. The number of anilines is 1. The van der Waals surface area contributed by atoms with Crippen LogP contribution in [0.4, 0.5) is 5.82 Å². The minimum absolute atomic E-state index is 0.131. The molecule has 6 heteroatoms. The first kappa shape index (κ1) is 9.98. The highest BCUT2D eigenvalue weighted by molar-refractivity contribution is 5.70. The van der Waals surface area contributed by atoms with Crippen LogP contribution in [0.2, 0.25) is 0 Å². The van der Waals surface area contributed by atoms with Crippen LogP contribution in [0.3, 0.4) is 0 Å². The summed E-state index contributed by atoms with van der Waals surface area (Å²) >= 11 is 0. The normalized spacial score (nSPS) is 10.2. The predicted molar refractivity (Wildman–Crippen MR) is 55.7 cm³/mol. The standard InChI is InChI=1S/C10H8N4O2/c1-6-2-3-7-8(4-6)14(16)10(12)9(5-11)13(7)15/h2-4H,12H2,1H3. The Bertz CT molecular complexity index is 631. The molecule has 0 aliphatic heterocycles. The Labute approximate surface area is 90.9 Å². The molecule has 2 rings (SSSR count). The summed E-state index contributed by atoms with van der Waals surface area (Å²) in [6, 6.07) is 6.35. The van der Waals surface area contributed by atoms with Gasteiger partial charge < -0.3 is 10.4 Å². The maximum atomic E-state index is 11.7. The molecule has 2 aromatic rings. The molecule has 80 valence electrons. The summed E-state index contributed by atoms with van der Waals surface area (Å²) in [5.74, 6) is -0.379. The molecular weight excluding hydrogens is 208 g/mol. The van der Waals surface area contributed by atoms with Gasteiger partial charge in [0.05, 0.1) is 0 Å². The Hall–Kier alpha value is -2.55. The van der Waals surface area contributed by atoms with Gasteiger partial charge in [0.25, 0.3) is 5.52 Å². The summed E-state index contributed by atoms with van der Waals surface area (Å²) in [5.41, 5.74) is 6.16. The molecule has 0 bridgehead atoms. The van der Waals surface area contributed by atoms with Crippen molar-refractivity contribution in [2.24, 2.45) is 0 Å². The third-order valence-electron chi connectivity index (χ3n) is 2.34. The van der Waals surface area contributed by atoms with Crippen molar-refractivity contribution in [3.63, 3.8) is 0 Å². The van der Waals surface area contributed by atoms with Gasteiger partial charge >= 0.3 is 11.5 Å². The van der Waals surface area contributed by atoms with Gasteiger partial charge in [-0.2, -0.15) is 5.26 Å². The van der Waals surface area contributed by atoms with Crippen molar-refractivity contribution in [2.45, 2.75) is 6.92 Å². The number of hydrogen-bond donors (Lipinski definition) is 1. The first-order chi connectivity index (χ1) is 7.56. The number of rotatable bonds is 0. The van der Waals surface area contributed by atoms with Crippen LogP contribution in [0, 0.1) is 28.7 Å². The zero-order chi connectivity index (χ0) is 11.9. The molecule has 16 heavy (non-hydrogen) atoms. The molecule has 0 radical (unpaired) electrons. The monoisotopic (exact) mass is 216 g/mol. The zero-order valence-electron chi connectivity index (χ0n) is 8.47. The Morgan fingerprint density at radius 3 is 2.56 bits per heavy atom. The van der Waals surface area contributed by atoms with Gasteiger partial charge in [-0.3, -0.25) is 5.73 Å². The summed E-state index contributed by atoms with van der Waals surface area (Å²) in [6.45, 7) is 1.79. The van der Waals surface area contributed by atoms with Crippen LogP contribution in [0.5, 0.6) is 0 Å². The number of nitrogens with two attached hydrogens (primary N) is 1. The van der Waals surface area contributed by atoms with Gasteiger partial charge in [-0.05, 0) is 18.6 Å². The van der Waals surface area contributed by atoms with Crippen molar-refractivity contribution < 1.29 is 9.46 Å². The lowest BCUT2D eigenvalue weighted by Crippen LogP contribution is -2.43. The quantitative estimate of drug-likeness (QED) is 0.489. The summed E-state index contributed by atoms with van der Waals surface area (Å²) in [5, 5.41) is 32.1. The first-order valence-corrected chi connectivity index (χ1v) is 4.51. The smallest absolute Gasteiger partial charge is 0.385 e. The number of nitrogen functional groups attached to an aromatic ring is 1. The maximum Gasteiger partial charge on any atom is 0.385 e. The third kappa shape index (κ3) is 1.19. The van der Waals surface area contributed by atoms with Crippen molar-refractivity contribution >= 4 is 16.9 Å². The van der Waals surface area contributed by atoms with Crippen LogP contribution in [0.1, 0.15) is 11.3 Å². The minimum Gasteiger partial charge on any atom is -0.710 e. The topological polar surface area (TPSA) is 104 Å². The highest BCUT2D eigenvalue weighted by Crippen LogP contribution is 2.11. The van der Waals surface area contributed by atoms with Crippen LogP contribution >= 0.6 is 0 Å². The number of benzene rings is 1. The van der Waals surface area contributed by atoms with Crippen molar-refractivity contribution in [3.05, 3.63) is 39.9 Å². The van der Waals surface area contributed by atoms with Crippen LogP contribution in [-0.4, -0.2) is 0 Å². The molecular formula is C10H8N4O2. The molecule has 2 N–H and O–H groups in total. The molecule has 0 amide bonds. The minimum atomic E-state index is -0.383. The SMILES string of the molecule is Cc1ccc2c(c1)[n+]([O-])c(N)c(C#N)[n+]2[O-]. The maximum absolute atomic E-state index is 11.7. The van der Waals surface area contributed by atoms with E-state index >= 15 is 0 Å². The Morgan fingerprint density at radius 1 is 1.25 bits per heavy atom. The fourth-order valence-corrected chi connectivity index (χ4v) is 1.52. The van der Waals surface area contributed by atoms with Crippen LogP contribution in [0.15, 0.2) is 18.2 Å². The summed E-state index contributed by atoms with van der Waals surface area (Å²) in [6.07, 6.45) is 0. The lowest BCUT2D eigenvalue weighted by atomic mass is 10.2. The lowest BCUT2D eigenvalue weighted by molar-refractivity contribution is -0.620. The van der Waals surface area contributed by atoms with Crippen molar-refractivity contribution in [1.29, 1.82) is 5.26 Å². The van der Waals surface area contributed by atoms with Gasteiger partial charge in [-0.15, -0.1) is 4.73 Å². The number of fused-ring (bicyclic) bond motifs is 1. The van der Waals surface area contributed by atoms with E-state index in [9.17, 15) is 10.4 Å². The summed E-state index contributed by atoms with van der Waals surface area (Å²) in [4.78, 5) is 0. The molecule has 6 nitrogen and oxygen atoms in total. The van der Waals surface area contributed by atoms with Gasteiger partial charge in [0.2, 0.25) is 5.52 Å². The number of hydrogen-bond acceptors (Lipinski definition) is 4. The van der Waals surface area contributed by atoms with E-state index in [1.165, 1.54) is 6.07 Å². The molecule has 0 atom stereocenters. The van der Waals surface area contributed by atoms with E-state index in [2.05, 4.69) is 0 Å². The van der Waals surface area contributed by atoms with Crippen molar-refractivity contribution in [3.8, 4) is 6.07 Å². The van der Waals surface area contributed by atoms with Crippen LogP contribution in [0.25, 0.3) is 11.0 Å². The second-order valence-electron chi connectivity index (χ2n) is 3.43. The molecule has 0 unspecified atom stereocenters. The van der Waals surface area contributed by atoms with E-state index in [1.54, 1.807) is 25.1 Å². The molecule has 0 saturated heterocycles. The number of nitriles is 1. The second-order valence-corrected chi connectivity index (χ2v) is 3.43. The summed E-state index contributed by atoms with van der Waals surface area (Å²) < 4.78 is 0.772. The van der Waals surface area contributed by atoms with Crippen LogP contribution in [-0.2, 0) is 0 Å². The largest absolute Gasteiger partial charge is 0.710 e. The molecule has 1 aromatic carbocycles. The summed E-state index contributed by atoms with van der Waals surface area (Å²) in [7, 11) is 0. The molecule has 1 aromatic heterocycles. The zero-order valence-corrected chi connectivity index (χ0v) is 8.47. The van der Waals surface area contributed by atoms with Gasteiger partial charge in [0, 0.05) is 6.07 Å². The second kappa shape index (κ2) is 3.24. The number of aromatic nitrogens is 2. The van der Waals surface area contributed by atoms with E-state index in [0.717, 1.165) is 5.56 Å². The first-order valence-electron chi connectivity index (χ1n) is 4.51. The van der Waals surface area contributed by atoms with E-state index in [1.807, 2.05) is 0 Å². The van der Waals surface area contributed by atoms with E-state index in [-0.39, 0.29) is 22.5 Å². The molecule has 0 aliphatic rings. The third-order valence-corrected chi connectivity index (χ3v) is 2.34. The molecule has 1 heterocycles. The molecule has 0 spiro atoms. The van der Waals surface area contributed by atoms with E-state index in [4.69, 9.17) is 11.0 Å². The van der Waals surface area contributed by atoms with Gasteiger partial charge in [0.15, 0.2) is 6.07 Å². The van der Waals surface area contributed by atoms with Crippen molar-refractivity contribution in [1.82, 2.24) is 0 Å².